The molecule has 0 aliphatic carbocycles. The van der Waals surface area contributed by atoms with Crippen LogP contribution in [0, 0.1) is 0 Å². The van der Waals surface area contributed by atoms with Crippen molar-refractivity contribution in [2.24, 2.45) is 0 Å². The maximum atomic E-state index is 4.80. The molecular formula is C23H13N9. The number of fused-ring (bicyclic) bond motifs is 6. The summed E-state index contributed by atoms with van der Waals surface area (Å²) in [6, 6.07) is 15.7. The Labute approximate surface area is 180 Å². The highest BCUT2D eigenvalue weighted by Crippen LogP contribution is 2.30. The van der Waals surface area contributed by atoms with E-state index in [2.05, 4.69) is 29.9 Å². The van der Waals surface area contributed by atoms with E-state index in [1.54, 1.807) is 24.8 Å². The van der Waals surface area contributed by atoms with Gasteiger partial charge in [-0.3, -0.25) is 0 Å². The molecule has 0 radical (unpaired) electrons. The molecule has 0 aliphatic heterocycles. The molecule has 0 fully saturated rings. The highest BCUT2D eigenvalue weighted by atomic mass is 15.3. The Kier molecular flexibility index (Phi) is 3.36. The normalized spacial score (nSPS) is 11.8. The molecule has 0 amide bonds. The van der Waals surface area contributed by atoms with Gasteiger partial charge in [-0.15, -0.1) is 0 Å². The summed E-state index contributed by atoms with van der Waals surface area (Å²) in [5.41, 5.74) is 2.93. The third-order valence-corrected chi connectivity index (χ3v) is 5.52. The number of aromatic nitrogens is 9. The van der Waals surface area contributed by atoms with Gasteiger partial charge in [-0.1, -0.05) is 0 Å². The Balaban J connectivity index is 1.55. The molecule has 7 aromatic heterocycles. The number of pyridine rings is 4. The highest BCUT2D eigenvalue weighted by molar-refractivity contribution is 6.07. The fourth-order valence-electron chi connectivity index (χ4n) is 4.22. The third-order valence-electron chi connectivity index (χ3n) is 5.52. The second-order valence-electron chi connectivity index (χ2n) is 7.25. The zero-order chi connectivity index (χ0) is 21.1. The van der Waals surface area contributed by atoms with Crippen LogP contribution in [0.4, 0.5) is 0 Å². The maximum absolute atomic E-state index is 4.80. The van der Waals surface area contributed by atoms with Crippen LogP contribution in [0.3, 0.4) is 0 Å². The molecule has 7 heterocycles. The fourth-order valence-corrected chi connectivity index (χ4v) is 4.22. The van der Waals surface area contributed by atoms with E-state index in [9.17, 15) is 0 Å². The van der Waals surface area contributed by atoms with E-state index < -0.39 is 0 Å². The van der Waals surface area contributed by atoms with E-state index in [-0.39, 0.29) is 0 Å². The molecule has 0 aromatic carbocycles. The van der Waals surface area contributed by atoms with Gasteiger partial charge in [0.2, 0.25) is 11.9 Å². The van der Waals surface area contributed by atoms with Crippen molar-refractivity contribution in [1.82, 2.24) is 44.0 Å². The lowest BCUT2D eigenvalue weighted by Crippen LogP contribution is -2.09. The van der Waals surface area contributed by atoms with Crippen molar-refractivity contribution < 1.29 is 0 Å². The van der Waals surface area contributed by atoms with Gasteiger partial charge in [0, 0.05) is 46.3 Å². The quantitative estimate of drug-likeness (QED) is 0.425. The topological polar surface area (TPSA) is 100 Å². The highest BCUT2D eigenvalue weighted by Gasteiger charge is 2.19. The minimum Gasteiger partial charge on any atom is -0.245 e. The minimum atomic E-state index is 0.425. The first-order valence-electron chi connectivity index (χ1n) is 10.0. The maximum Gasteiger partial charge on any atom is 0.241 e. The van der Waals surface area contributed by atoms with Crippen molar-refractivity contribution in [3.63, 3.8) is 0 Å². The summed E-state index contributed by atoms with van der Waals surface area (Å²) >= 11 is 0. The minimum absolute atomic E-state index is 0.425. The van der Waals surface area contributed by atoms with Crippen LogP contribution in [0.15, 0.2) is 79.6 Å². The second-order valence-corrected chi connectivity index (χ2v) is 7.25. The Bertz CT molecular complexity index is 1560. The summed E-state index contributed by atoms with van der Waals surface area (Å²) in [5, 5.41) is 3.94. The van der Waals surface area contributed by atoms with E-state index in [4.69, 9.17) is 4.98 Å². The Morgan fingerprint density at radius 3 is 1.12 bits per heavy atom. The average Bonchev–Trinajstić information content (AvgIpc) is 3.37. The van der Waals surface area contributed by atoms with Crippen LogP contribution in [-0.4, -0.2) is 44.0 Å². The molecule has 9 nitrogen and oxygen atoms in total. The van der Waals surface area contributed by atoms with E-state index in [1.165, 1.54) is 6.33 Å². The van der Waals surface area contributed by atoms with Crippen LogP contribution in [0.2, 0.25) is 0 Å². The zero-order valence-corrected chi connectivity index (χ0v) is 16.5. The summed E-state index contributed by atoms with van der Waals surface area (Å²) in [6.07, 6.45) is 8.49. The summed E-state index contributed by atoms with van der Waals surface area (Å²) in [6.45, 7) is 0. The standard InChI is InChI=1S/C23H13N9/c1-5-14-15-6-2-10-25-19(15)31(18(14)24-9-1)22-28-13-29-23(30-22)32-20-16(7-3-11-26-20)17-8-4-12-27-21(17)32/h1-13H. The Morgan fingerprint density at radius 2 is 0.781 bits per heavy atom. The summed E-state index contributed by atoms with van der Waals surface area (Å²) in [4.78, 5) is 32.0. The van der Waals surface area contributed by atoms with Crippen molar-refractivity contribution >= 4 is 44.1 Å². The Morgan fingerprint density at radius 1 is 0.438 bits per heavy atom. The molecule has 32 heavy (non-hydrogen) atoms. The summed E-state index contributed by atoms with van der Waals surface area (Å²) < 4.78 is 3.70. The predicted molar refractivity (Wildman–Crippen MR) is 120 cm³/mol. The first kappa shape index (κ1) is 16.9. The van der Waals surface area contributed by atoms with Gasteiger partial charge >= 0.3 is 0 Å². The molecule has 0 spiro atoms. The molecular weight excluding hydrogens is 402 g/mol. The van der Waals surface area contributed by atoms with E-state index in [0.717, 1.165) is 44.1 Å². The molecule has 7 rings (SSSR count). The van der Waals surface area contributed by atoms with Gasteiger partial charge < -0.3 is 0 Å². The molecule has 0 bridgehead atoms. The van der Waals surface area contributed by atoms with Crippen LogP contribution < -0.4 is 0 Å². The molecule has 0 aliphatic rings. The second kappa shape index (κ2) is 6.35. The first-order valence-corrected chi connectivity index (χ1v) is 10.0. The smallest absolute Gasteiger partial charge is 0.241 e. The van der Waals surface area contributed by atoms with Crippen molar-refractivity contribution in [1.29, 1.82) is 0 Å². The summed E-state index contributed by atoms with van der Waals surface area (Å²) in [5.74, 6) is 0.850. The Hall–Kier alpha value is -4.79. The van der Waals surface area contributed by atoms with E-state index >= 15 is 0 Å². The van der Waals surface area contributed by atoms with Crippen LogP contribution >= 0.6 is 0 Å². The number of nitrogens with zero attached hydrogens (tertiary/aromatic N) is 9. The van der Waals surface area contributed by atoms with Gasteiger partial charge in [0.1, 0.15) is 28.9 Å². The predicted octanol–water partition coefficient (Wildman–Crippen LogP) is 3.65. The number of rotatable bonds is 2. The van der Waals surface area contributed by atoms with Crippen molar-refractivity contribution in [3.05, 3.63) is 79.6 Å². The van der Waals surface area contributed by atoms with Gasteiger partial charge in [-0.25, -0.2) is 39.0 Å². The molecule has 7 aromatic rings. The molecule has 0 saturated carbocycles. The van der Waals surface area contributed by atoms with Gasteiger partial charge in [0.05, 0.1) is 0 Å². The SMILES string of the molecule is c1cnc2c(c1)c1cccnc1n2-c1ncnc(-n2c3ncccc3c3cccnc32)n1. The zero-order valence-electron chi connectivity index (χ0n) is 16.5. The number of hydrogen-bond acceptors (Lipinski definition) is 7. The molecule has 0 atom stereocenters. The third kappa shape index (κ3) is 2.24. The van der Waals surface area contributed by atoms with Gasteiger partial charge in [0.25, 0.3) is 0 Å². The number of hydrogen-bond donors (Lipinski definition) is 0. The van der Waals surface area contributed by atoms with Crippen LogP contribution in [0.25, 0.3) is 56.0 Å². The summed E-state index contributed by atoms with van der Waals surface area (Å²) in [7, 11) is 0. The van der Waals surface area contributed by atoms with Crippen LogP contribution in [-0.2, 0) is 0 Å². The largest absolute Gasteiger partial charge is 0.245 e. The van der Waals surface area contributed by atoms with Gasteiger partial charge in [-0.05, 0) is 48.5 Å². The van der Waals surface area contributed by atoms with Crippen molar-refractivity contribution in [2.45, 2.75) is 0 Å². The molecule has 9 heteroatoms. The first-order chi connectivity index (χ1) is 15.9. The van der Waals surface area contributed by atoms with Gasteiger partial charge in [0.15, 0.2) is 0 Å². The molecule has 0 N–H and O–H groups in total. The van der Waals surface area contributed by atoms with Crippen molar-refractivity contribution in [3.8, 4) is 11.9 Å². The van der Waals surface area contributed by atoms with E-state index in [1.807, 2.05) is 57.7 Å². The lowest BCUT2D eigenvalue weighted by atomic mass is 10.2. The van der Waals surface area contributed by atoms with Crippen molar-refractivity contribution in [2.75, 3.05) is 0 Å². The van der Waals surface area contributed by atoms with Crippen LogP contribution in [0.1, 0.15) is 0 Å². The molecule has 0 unspecified atom stereocenters. The fraction of sp³-hybridized carbons (Fsp3) is 0. The molecule has 150 valence electrons. The lowest BCUT2D eigenvalue weighted by Gasteiger charge is -2.07. The van der Waals surface area contributed by atoms with Crippen LogP contribution in [0.5, 0.6) is 0 Å². The monoisotopic (exact) mass is 415 g/mol. The lowest BCUT2D eigenvalue weighted by molar-refractivity contribution is 0.869. The molecule has 0 saturated heterocycles. The average molecular weight is 415 g/mol. The van der Waals surface area contributed by atoms with E-state index in [0.29, 0.717) is 11.9 Å². The van der Waals surface area contributed by atoms with Gasteiger partial charge in [-0.2, -0.15) is 4.98 Å².